The molecule has 0 amide bonds. The number of ether oxygens (including phenoxy) is 1. The van der Waals surface area contributed by atoms with Gasteiger partial charge in [-0.05, 0) is 55.0 Å². The van der Waals surface area contributed by atoms with Gasteiger partial charge in [0.05, 0.1) is 18.5 Å². The summed E-state index contributed by atoms with van der Waals surface area (Å²) < 4.78 is 20.7. The Morgan fingerprint density at radius 3 is 2.93 bits per heavy atom. The number of H-pyrrole nitrogens is 1. The molecule has 1 N–H and O–H groups in total. The van der Waals surface area contributed by atoms with Gasteiger partial charge < -0.3 is 9.72 Å². The topological polar surface area (TPSA) is 55.0 Å². The Hall–Kier alpha value is -2.24. The van der Waals surface area contributed by atoms with E-state index in [1.165, 1.54) is 6.33 Å². The van der Waals surface area contributed by atoms with Gasteiger partial charge in [-0.1, -0.05) is 17.7 Å². The number of ketones is 1. The third-order valence-corrected chi connectivity index (χ3v) is 5.25. The monoisotopic (exact) mass is 386 g/mol. The Kier molecular flexibility index (Phi) is 4.98. The summed E-state index contributed by atoms with van der Waals surface area (Å²) in [5.74, 6) is -0.109. The molecule has 0 spiro atoms. The summed E-state index contributed by atoms with van der Waals surface area (Å²) in [4.78, 5) is 19.7. The lowest BCUT2D eigenvalue weighted by atomic mass is 9.94. The zero-order valence-corrected chi connectivity index (χ0v) is 15.8. The van der Waals surface area contributed by atoms with Crippen LogP contribution in [0.1, 0.15) is 39.9 Å². The summed E-state index contributed by atoms with van der Waals surface area (Å²) in [5.41, 5.74) is 3.31. The van der Waals surface area contributed by atoms with Crippen molar-refractivity contribution in [3.8, 4) is 0 Å². The van der Waals surface area contributed by atoms with E-state index in [1.807, 2.05) is 19.1 Å². The first-order chi connectivity index (χ1) is 13.0. The van der Waals surface area contributed by atoms with Crippen molar-refractivity contribution in [3.05, 3.63) is 63.7 Å². The molecule has 1 aliphatic carbocycles. The van der Waals surface area contributed by atoms with Gasteiger partial charge >= 0.3 is 0 Å². The Morgan fingerprint density at radius 2 is 2.19 bits per heavy atom. The van der Waals surface area contributed by atoms with Crippen molar-refractivity contribution < 1.29 is 13.9 Å². The first-order valence-corrected chi connectivity index (χ1v) is 9.41. The average molecular weight is 387 g/mol. The van der Waals surface area contributed by atoms with Crippen molar-refractivity contribution in [3.63, 3.8) is 0 Å². The van der Waals surface area contributed by atoms with Crippen LogP contribution in [0.3, 0.4) is 0 Å². The van der Waals surface area contributed by atoms with Gasteiger partial charge in [0.25, 0.3) is 0 Å². The standard InChI is InChI=1S/C21H20ClFN2O2/c1-12-6-15(22)5-4-14(12)7-17-16(19(26)10-27-9-13-2-3-13)8-18-21(20(17)23)25-11-24-18/h4-6,8,11,13H,2-3,7,9-10H2,1H3,(H,24,25). The first-order valence-electron chi connectivity index (χ1n) is 9.03. The number of carbonyl (C=O) groups excluding carboxylic acids is 1. The van der Waals surface area contributed by atoms with E-state index in [0.29, 0.717) is 40.6 Å². The Bertz CT molecular complexity index is 1010. The normalized spacial score (nSPS) is 14.0. The van der Waals surface area contributed by atoms with Crippen LogP contribution in [0.5, 0.6) is 0 Å². The number of hydrogen-bond acceptors (Lipinski definition) is 3. The zero-order valence-electron chi connectivity index (χ0n) is 15.0. The molecule has 0 unspecified atom stereocenters. The van der Waals surface area contributed by atoms with Crippen LogP contribution in [-0.2, 0) is 11.2 Å². The highest BCUT2D eigenvalue weighted by Crippen LogP contribution is 2.30. The van der Waals surface area contributed by atoms with E-state index in [4.69, 9.17) is 16.3 Å². The summed E-state index contributed by atoms with van der Waals surface area (Å²) >= 11 is 6.03. The number of aromatic amines is 1. The summed E-state index contributed by atoms with van der Waals surface area (Å²) in [6.07, 6.45) is 4.04. The SMILES string of the molecule is Cc1cc(Cl)ccc1Cc1c(C(=O)COCC2CC2)cc2[nH]cnc2c1F. The van der Waals surface area contributed by atoms with Crippen molar-refractivity contribution in [2.24, 2.45) is 5.92 Å². The highest BCUT2D eigenvalue weighted by Gasteiger charge is 2.24. The van der Waals surface area contributed by atoms with E-state index in [9.17, 15) is 4.79 Å². The minimum absolute atomic E-state index is 0.0395. The van der Waals surface area contributed by atoms with E-state index in [0.717, 1.165) is 24.0 Å². The molecule has 140 valence electrons. The molecule has 1 saturated carbocycles. The third-order valence-electron chi connectivity index (χ3n) is 5.01. The predicted molar refractivity (Wildman–Crippen MR) is 103 cm³/mol. The lowest BCUT2D eigenvalue weighted by molar-refractivity contribution is 0.0738. The van der Waals surface area contributed by atoms with Crippen LogP contribution in [0, 0.1) is 18.7 Å². The Morgan fingerprint density at radius 1 is 1.37 bits per heavy atom. The largest absolute Gasteiger partial charge is 0.373 e. The van der Waals surface area contributed by atoms with Crippen molar-refractivity contribution in [1.29, 1.82) is 0 Å². The molecule has 1 fully saturated rings. The number of aromatic nitrogens is 2. The Balaban J connectivity index is 1.69. The average Bonchev–Trinajstić information content (AvgIpc) is 3.33. The van der Waals surface area contributed by atoms with Gasteiger partial charge in [-0.3, -0.25) is 4.79 Å². The number of Topliss-reactive ketones (excluding diaryl/α,β-unsaturated/α-hetero) is 1. The summed E-state index contributed by atoms with van der Waals surface area (Å²) in [6.45, 7) is 2.47. The van der Waals surface area contributed by atoms with Gasteiger partial charge in [-0.15, -0.1) is 0 Å². The number of imidazole rings is 1. The molecule has 2 aromatic carbocycles. The fraction of sp³-hybridized carbons (Fsp3) is 0.333. The number of nitrogens with zero attached hydrogens (tertiary/aromatic N) is 1. The molecule has 27 heavy (non-hydrogen) atoms. The number of fused-ring (bicyclic) bond motifs is 1. The molecule has 4 nitrogen and oxygen atoms in total. The maximum absolute atomic E-state index is 15.2. The number of carbonyl (C=O) groups is 1. The van der Waals surface area contributed by atoms with Gasteiger partial charge in [0.15, 0.2) is 11.6 Å². The second-order valence-electron chi connectivity index (χ2n) is 7.14. The second-order valence-corrected chi connectivity index (χ2v) is 7.58. The maximum atomic E-state index is 15.2. The van der Waals surface area contributed by atoms with E-state index in [1.54, 1.807) is 12.1 Å². The molecule has 0 aliphatic heterocycles. The molecule has 0 radical (unpaired) electrons. The molecule has 0 atom stereocenters. The first kappa shape index (κ1) is 18.1. The highest BCUT2D eigenvalue weighted by molar-refractivity contribution is 6.30. The fourth-order valence-corrected chi connectivity index (χ4v) is 3.46. The number of hydrogen-bond donors (Lipinski definition) is 1. The minimum Gasteiger partial charge on any atom is -0.373 e. The van der Waals surface area contributed by atoms with Gasteiger partial charge in [-0.25, -0.2) is 9.37 Å². The zero-order chi connectivity index (χ0) is 19.0. The van der Waals surface area contributed by atoms with Crippen molar-refractivity contribution >= 4 is 28.4 Å². The van der Waals surface area contributed by atoms with Crippen molar-refractivity contribution in [2.45, 2.75) is 26.2 Å². The molecule has 6 heteroatoms. The molecule has 1 aromatic heterocycles. The molecule has 1 heterocycles. The summed E-state index contributed by atoms with van der Waals surface area (Å²) in [6, 6.07) is 7.15. The molecular formula is C21H20ClFN2O2. The van der Waals surface area contributed by atoms with Crippen LogP contribution in [0.4, 0.5) is 4.39 Å². The smallest absolute Gasteiger partial charge is 0.188 e. The van der Waals surface area contributed by atoms with Gasteiger partial charge in [0, 0.05) is 22.6 Å². The lowest BCUT2D eigenvalue weighted by Gasteiger charge is -2.13. The lowest BCUT2D eigenvalue weighted by Crippen LogP contribution is -2.14. The van der Waals surface area contributed by atoms with Crippen molar-refractivity contribution in [1.82, 2.24) is 9.97 Å². The fourth-order valence-electron chi connectivity index (χ4n) is 3.23. The molecule has 0 saturated heterocycles. The highest BCUT2D eigenvalue weighted by atomic mass is 35.5. The van der Waals surface area contributed by atoms with Gasteiger partial charge in [0.1, 0.15) is 12.1 Å². The van der Waals surface area contributed by atoms with Gasteiger partial charge in [0.2, 0.25) is 0 Å². The molecular weight excluding hydrogens is 367 g/mol. The predicted octanol–water partition coefficient (Wildman–Crippen LogP) is 4.86. The van der Waals surface area contributed by atoms with Crippen LogP contribution in [0.15, 0.2) is 30.6 Å². The molecule has 0 bridgehead atoms. The molecule has 3 aromatic rings. The van der Waals surface area contributed by atoms with Crippen LogP contribution in [0.25, 0.3) is 11.0 Å². The summed E-state index contributed by atoms with van der Waals surface area (Å²) in [5, 5.41) is 0.629. The van der Waals surface area contributed by atoms with E-state index in [2.05, 4.69) is 9.97 Å². The number of benzene rings is 2. The Labute approximate surface area is 161 Å². The second kappa shape index (κ2) is 7.41. The van der Waals surface area contributed by atoms with Crippen LogP contribution in [-0.4, -0.2) is 29.0 Å². The quantitative estimate of drug-likeness (QED) is 0.590. The molecule has 1 aliphatic rings. The number of rotatable bonds is 7. The third kappa shape index (κ3) is 3.89. The van der Waals surface area contributed by atoms with Crippen LogP contribution < -0.4 is 0 Å². The summed E-state index contributed by atoms with van der Waals surface area (Å²) in [7, 11) is 0. The minimum atomic E-state index is -0.464. The molecule has 4 rings (SSSR count). The number of halogens is 2. The van der Waals surface area contributed by atoms with E-state index in [-0.39, 0.29) is 17.9 Å². The maximum Gasteiger partial charge on any atom is 0.188 e. The van der Waals surface area contributed by atoms with Crippen LogP contribution in [0.2, 0.25) is 5.02 Å². The number of aryl methyl sites for hydroxylation is 1. The van der Waals surface area contributed by atoms with Crippen molar-refractivity contribution in [2.75, 3.05) is 13.2 Å². The van der Waals surface area contributed by atoms with Crippen LogP contribution >= 0.6 is 11.6 Å². The van der Waals surface area contributed by atoms with Gasteiger partial charge in [-0.2, -0.15) is 0 Å². The number of nitrogens with one attached hydrogen (secondary N) is 1. The van der Waals surface area contributed by atoms with E-state index < -0.39 is 5.82 Å². The van der Waals surface area contributed by atoms with E-state index >= 15 is 4.39 Å².